The Morgan fingerprint density at radius 1 is 0.757 bits per heavy atom. The molecule has 0 aromatic heterocycles. The number of para-hydroxylation sites is 5. The fourth-order valence-electron chi connectivity index (χ4n) is 3.93. The van der Waals surface area contributed by atoms with E-state index in [1.54, 1.807) is 0 Å². The second kappa shape index (κ2) is 14.8. The van der Waals surface area contributed by atoms with Crippen LogP contribution in [0.3, 0.4) is 0 Å². The van der Waals surface area contributed by atoms with Crippen molar-refractivity contribution in [1.29, 1.82) is 0 Å². The zero-order valence-electron chi connectivity index (χ0n) is 21.3. The van der Waals surface area contributed by atoms with E-state index in [-0.39, 0.29) is 0 Å². The Morgan fingerprint density at radius 2 is 1.24 bits per heavy atom. The number of anilines is 5. The van der Waals surface area contributed by atoms with E-state index in [9.17, 15) is 0 Å². The Balaban J connectivity index is 0.000000166. The van der Waals surface area contributed by atoms with Gasteiger partial charge in [0.25, 0.3) is 0 Å². The number of carbonyl (C=O) groups excluding carboxylic acids is 1. The molecule has 4 aromatic rings. The molecule has 2 atom stereocenters. The van der Waals surface area contributed by atoms with Crippen molar-refractivity contribution in [2.24, 2.45) is 0 Å². The summed E-state index contributed by atoms with van der Waals surface area (Å²) in [6.07, 6.45) is 1.85. The van der Waals surface area contributed by atoms with Crippen molar-refractivity contribution < 1.29 is 4.79 Å². The van der Waals surface area contributed by atoms with Crippen LogP contribution >= 0.6 is 0 Å². The molecule has 6 rings (SSSR count). The molecule has 0 bridgehead atoms. The van der Waals surface area contributed by atoms with Crippen LogP contribution in [0.5, 0.6) is 0 Å². The third-order valence-electron chi connectivity index (χ3n) is 5.56. The first kappa shape index (κ1) is 27.1. The molecule has 0 fully saturated rings. The molecule has 2 unspecified atom stereocenters. The van der Waals surface area contributed by atoms with Gasteiger partial charge in [-0.1, -0.05) is 66.7 Å². The van der Waals surface area contributed by atoms with Crippen LogP contribution in [0.1, 0.15) is 31.9 Å². The van der Waals surface area contributed by atoms with Gasteiger partial charge < -0.3 is 32.0 Å². The molecule has 7 N–H and O–H groups in total. The molecule has 2 aliphatic rings. The van der Waals surface area contributed by atoms with E-state index in [2.05, 4.69) is 82.5 Å². The van der Waals surface area contributed by atoms with Crippen LogP contribution < -0.4 is 32.8 Å². The Hall–Kier alpha value is -4.49. The van der Waals surface area contributed by atoms with E-state index in [0.717, 1.165) is 29.8 Å². The molecule has 0 radical (unpaired) electrons. The first-order valence-electron chi connectivity index (χ1n) is 12.3. The molecule has 37 heavy (non-hydrogen) atoms. The van der Waals surface area contributed by atoms with Gasteiger partial charge in [0.2, 0.25) is 0 Å². The summed E-state index contributed by atoms with van der Waals surface area (Å²) in [6.45, 7) is 3.68. The standard InChI is InChI=1S/C16H18N2.C6H7N3.C6H7N.C2H4O/c1-12-11-16(18-13-7-3-2-4-8-13)14-9-5-6-10-15(14)17-12;1-2-4-6-5(3-1)7-9-8-6;7-6-4-2-1-3-5-6;1-2-3/h2-10,12,16-18H,11H2,1H3;1-4,7-9H;1-5H,7H2;2H,1H3. The lowest BCUT2D eigenvalue weighted by atomic mass is 9.93. The van der Waals surface area contributed by atoms with Crippen molar-refractivity contribution in [1.82, 2.24) is 5.53 Å². The highest BCUT2D eigenvalue weighted by Crippen LogP contribution is 2.34. The first-order valence-corrected chi connectivity index (χ1v) is 12.3. The second-order valence-electron chi connectivity index (χ2n) is 8.50. The van der Waals surface area contributed by atoms with Gasteiger partial charge in [0.05, 0.1) is 17.4 Å². The quantitative estimate of drug-likeness (QED) is 0.140. The zero-order valence-corrected chi connectivity index (χ0v) is 21.3. The number of nitrogen functional groups attached to an aromatic ring is 1. The van der Waals surface area contributed by atoms with Gasteiger partial charge in [0.15, 0.2) is 0 Å². The molecule has 0 amide bonds. The highest BCUT2D eigenvalue weighted by molar-refractivity contribution is 5.70. The topological polar surface area (TPSA) is 103 Å². The molecule has 7 heteroatoms. The van der Waals surface area contributed by atoms with Gasteiger partial charge in [0, 0.05) is 23.1 Å². The highest BCUT2D eigenvalue weighted by atomic mass is 16.1. The van der Waals surface area contributed by atoms with Gasteiger partial charge in [-0.25, -0.2) is 0 Å². The summed E-state index contributed by atoms with van der Waals surface area (Å²) >= 11 is 0. The molecule has 0 aliphatic carbocycles. The van der Waals surface area contributed by atoms with Gasteiger partial charge in [-0.05, 0) is 68.3 Å². The normalized spacial score (nSPS) is 15.9. The van der Waals surface area contributed by atoms with Gasteiger partial charge in [-0.3, -0.25) is 0 Å². The van der Waals surface area contributed by atoms with Gasteiger partial charge in [-0.2, -0.15) is 0 Å². The molecule has 2 heterocycles. The highest BCUT2D eigenvalue weighted by Gasteiger charge is 2.23. The molecule has 0 saturated carbocycles. The van der Waals surface area contributed by atoms with Crippen molar-refractivity contribution in [2.45, 2.75) is 32.4 Å². The number of hydrogen-bond acceptors (Lipinski definition) is 7. The first-order chi connectivity index (χ1) is 18.1. The molecule has 0 saturated heterocycles. The lowest BCUT2D eigenvalue weighted by Crippen LogP contribution is -2.28. The second-order valence-corrected chi connectivity index (χ2v) is 8.50. The molecule has 192 valence electrons. The minimum absolute atomic E-state index is 0.389. The molecule has 0 spiro atoms. The van der Waals surface area contributed by atoms with Crippen LogP contribution in [-0.4, -0.2) is 12.3 Å². The van der Waals surface area contributed by atoms with E-state index < -0.39 is 0 Å². The maximum Gasteiger partial charge on any atom is 0.116 e. The third-order valence-corrected chi connectivity index (χ3v) is 5.56. The van der Waals surface area contributed by atoms with Crippen LogP contribution in [0.4, 0.5) is 28.4 Å². The van der Waals surface area contributed by atoms with Crippen LogP contribution in [0.2, 0.25) is 0 Å². The number of benzene rings is 4. The van der Waals surface area contributed by atoms with Gasteiger partial charge in [0.1, 0.15) is 6.29 Å². The summed E-state index contributed by atoms with van der Waals surface area (Å²) in [5.74, 6) is 0. The summed E-state index contributed by atoms with van der Waals surface area (Å²) in [7, 11) is 0. The fraction of sp³-hybridized carbons (Fsp3) is 0.167. The average molecular weight is 497 g/mol. The maximum atomic E-state index is 8.81. The summed E-state index contributed by atoms with van der Waals surface area (Å²) in [6, 6.07) is 37.3. The number of hydrazine groups is 2. The number of carbonyl (C=O) groups is 1. The van der Waals surface area contributed by atoms with Crippen molar-refractivity contribution >= 4 is 34.7 Å². The van der Waals surface area contributed by atoms with Crippen LogP contribution in [-0.2, 0) is 4.79 Å². The Bertz CT molecular complexity index is 1180. The lowest BCUT2D eigenvalue weighted by Gasteiger charge is -2.32. The Morgan fingerprint density at radius 3 is 1.78 bits per heavy atom. The van der Waals surface area contributed by atoms with Crippen LogP contribution in [0, 0.1) is 0 Å². The van der Waals surface area contributed by atoms with Crippen LogP contribution in [0.15, 0.2) is 109 Å². The summed E-state index contributed by atoms with van der Waals surface area (Å²) in [5, 5.41) is 7.16. The van der Waals surface area contributed by atoms with Crippen LogP contribution in [0.25, 0.3) is 0 Å². The molecule has 2 aliphatic heterocycles. The predicted octanol–water partition coefficient (Wildman–Crippen LogP) is 6.46. The smallest absolute Gasteiger partial charge is 0.116 e. The third kappa shape index (κ3) is 8.91. The minimum atomic E-state index is 0.389. The zero-order chi connectivity index (χ0) is 26.3. The molecular weight excluding hydrogens is 460 g/mol. The molecule has 4 aromatic carbocycles. The number of nitrogens with one attached hydrogen (secondary N) is 5. The molecule has 7 nitrogen and oxygen atoms in total. The van der Waals surface area contributed by atoms with Crippen molar-refractivity contribution in [3.05, 3.63) is 115 Å². The van der Waals surface area contributed by atoms with E-state index in [1.165, 1.54) is 23.9 Å². The number of rotatable bonds is 2. The minimum Gasteiger partial charge on any atom is -0.399 e. The van der Waals surface area contributed by atoms with E-state index in [1.807, 2.05) is 60.7 Å². The van der Waals surface area contributed by atoms with Gasteiger partial charge in [-0.15, -0.1) is 5.53 Å². The van der Waals surface area contributed by atoms with Crippen molar-refractivity contribution in [3.63, 3.8) is 0 Å². The van der Waals surface area contributed by atoms with Gasteiger partial charge >= 0.3 is 0 Å². The Labute approximate surface area is 219 Å². The predicted molar refractivity (Wildman–Crippen MR) is 156 cm³/mol. The fourth-order valence-corrected chi connectivity index (χ4v) is 3.93. The molecular formula is C30H36N6O. The number of fused-ring (bicyclic) bond motifs is 2. The van der Waals surface area contributed by atoms with Crippen molar-refractivity contribution in [3.8, 4) is 0 Å². The summed E-state index contributed by atoms with van der Waals surface area (Å²) in [4.78, 5) is 8.81. The van der Waals surface area contributed by atoms with E-state index in [0.29, 0.717) is 12.1 Å². The summed E-state index contributed by atoms with van der Waals surface area (Å²) in [5.41, 5.74) is 20.8. The average Bonchev–Trinajstić information content (AvgIpc) is 3.40. The SMILES string of the molecule is CC1CC(Nc2ccccc2)c2ccccc2N1.CC=O.Nc1ccccc1.c1ccc2c(c1)NNN2. The lowest BCUT2D eigenvalue weighted by molar-refractivity contribution is -0.106. The van der Waals surface area contributed by atoms with Crippen molar-refractivity contribution in [2.75, 3.05) is 27.2 Å². The number of nitrogens with two attached hydrogens (primary N) is 1. The summed E-state index contributed by atoms with van der Waals surface area (Å²) < 4.78 is 0. The monoisotopic (exact) mass is 496 g/mol. The van der Waals surface area contributed by atoms with E-state index in [4.69, 9.17) is 10.5 Å². The Kier molecular flexibility index (Phi) is 10.8. The number of hydrogen-bond donors (Lipinski definition) is 6. The number of aldehydes is 1. The maximum absolute atomic E-state index is 8.81. The largest absolute Gasteiger partial charge is 0.399 e. The van der Waals surface area contributed by atoms with E-state index >= 15 is 0 Å².